The summed E-state index contributed by atoms with van der Waals surface area (Å²) in [5.41, 5.74) is 8.62. The summed E-state index contributed by atoms with van der Waals surface area (Å²) in [7, 11) is 0. The Morgan fingerprint density at radius 1 is 1.45 bits per heavy atom. The summed E-state index contributed by atoms with van der Waals surface area (Å²) < 4.78 is 0.902. The second-order valence-corrected chi connectivity index (χ2v) is 7.14. The molecule has 1 heterocycles. The lowest BCUT2D eigenvalue weighted by Crippen LogP contribution is -2.11. The van der Waals surface area contributed by atoms with Crippen LogP contribution in [0.1, 0.15) is 34.1 Å². The molecule has 6 heteroatoms. The first-order chi connectivity index (χ1) is 9.38. The highest BCUT2D eigenvalue weighted by molar-refractivity contribution is 9.10. The maximum absolute atomic E-state index is 5.65. The third-order valence-electron chi connectivity index (χ3n) is 2.95. The minimum absolute atomic E-state index is 0.212. The van der Waals surface area contributed by atoms with E-state index in [-0.39, 0.29) is 6.04 Å². The van der Waals surface area contributed by atoms with Gasteiger partial charge in [-0.3, -0.25) is 0 Å². The van der Waals surface area contributed by atoms with Crippen molar-refractivity contribution in [3.63, 3.8) is 0 Å². The van der Waals surface area contributed by atoms with Crippen molar-refractivity contribution in [3.05, 3.63) is 43.8 Å². The first kappa shape index (κ1) is 15.4. The summed E-state index contributed by atoms with van der Waals surface area (Å²) in [4.78, 5) is 6.12. The molecule has 0 saturated heterocycles. The number of benzene rings is 1. The highest BCUT2D eigenvalue weighted by Crippen LogP contribution is 2.29. The monoisotopic (exact) mass is 369 g/mol. The van der Waals surface area contributed by atoms with Gasteiger partial charge in [0.15, 0.2) is 0 Å². The van der Waals surface area contributed by atoms with E-state index in [1.807, 2.05) is 32.0 Å². The fraction of sp³-hybridized carbons (Fsp3) is 0.286. The molecule has 0 aliphatic carbocycles. The number of rotatable bonds is 4. The molecule has 1 unspecified atom stereocenters. The lowest BCUT2D eigenvalue weighted by atomic mass is 10.2. The van der Waals surface area contributed by atoms with Crippen LogP contribution in [-0.4, -0.2) is 9.97 Å². The highest BCUT2D eigenvalue weighted by atomic mass is 79.9. The molecule has 0 bridgehead atoms. The van der Waals surface area contributed by atoms with Gasteiger partial charge in [0.1, 0.15) is 4.99 Å². The normalized spacial score (nSPS) is 12.2. The summed E-state index contributed by atoms with van der Waals surface area (Å²) in [5, 5.41) is 4.57. The molecule has 2 rings (SSSR count). The van der Waals surface area contributed by atoms with E-state index >= 15 is 0 Å². The Morgan fingerprint density at radius 3 is 2.65 bits per heavy atom. The average molecular weight is 370 g/mol. The number of nitrogens with two attached hydrogens (primary N) is 1. The van der Waals surface area contributed by atoms with Crippen molar-refractivity contribution in [1.29, 1.82) is 0 Å². The quantitative estimate of drug-likeness (QED) is 0.787. The van der Waals surface area contributed by atoms with Crippen LogP contribution in [-0.2, 0) is 0 Å². The van der Waals surface area contributed by atoms with Gasteiger partial charge in [0.2, 0.25) is 0 Å². The standard InChI is InChI=1S/C14H16BrN3S2/c1-7-13(20-9(3)17-7)8(2)18-10-4-5-11(14(16)19)12(15)6-10/h4-6,8,18H,1-3H3,(H2,16,19). The highest BCUT2D eigenvalue weighted by Gasteiger charge is 2.13. The second-order valence-electron chi connectivity index (χ2n) is 4.61. The third kappa shape index (κ3) is 3.37. The van der Waals surface area contributed by atoms with Gasteiger partial charge in [-0.05, 0) is 54.9 Å². The molecule has 0 amide bonds. The summed E-state index contributed by atoms with van der Waals surface area (Å²) in [6.07, 6.45) is 0. The van der Waals surface area contributed by atoms with Crippen LogP contribution in [0.25, 0.3) is 0 Å². The van der Waals surface area contributed by atoms with Crippen molar-refractivity contribution in [2.75, 3.05) is 5.32 Å². The molecular formula is C14H16BrN3S2. The van der Waals surface area contributed by atoms with Crippen molar-refractivity contribution in [2.45, 2.75) is 26.8 Å². The Labute approximate surface area is 136 Å². The van der Waals surface area contributed by atoms with Gasteiger partial charge in [-0.2, -0.15) is 0 Å². The predicted molar refractivity (Wildman–Crippen MR) is 93.7 cm³/mol. The summed E-state index contributed by atoms with van der Waals surface area (Å²) in [5.74, 6) is 0. The van der Waals surface area contributed by atoms with Gasteiger partial charge >= 0.3 is 0 Å². The Bertz CT molecular complexity index is 652. The zero-order valence-corrected chi connectivity index (χ0v) is 14.7. The molecular weight excluding hydrogens is 354 g/mol. The number of nitrogens with one attached hydrogen (secondary N) is 1. The van der Waals surface area contributed by atoms with Crippen molar-refractivity contribution < 1.29 is 0 Å². The minimum atomic E-state index is 0.212. The van der Waals surface area contributed by atoms with E-state index in [0.29, 0.717) is 4.99 Å². The Balaban J connectivity index is 2.20. The van der Waals surface area contributed by atoms with Crippen molar-refractivity contribution >= 4 is 50.2 Å². The van der Waals surface area contributed by atoms with Gasteiger partial charge in [-0.15, -0.1) is 11.3 Å². The number of aryl methyl sites for hydroxylation is 2. The average Bonchev–Trinajstić information content (AvgIpc) is 2.68. The molecule has 3 nitrogen and oxygen atoms in total. The smallest absolute Gasteiger partial charge is 0.105 e. The number of nitrogens with zero attached hydrogens (tertiary/aromatic N) is 1. The number of thiocarbonyl (C=S) groups is 1. The summed E-state index contributed by atoms with van der Waals surface area (Å²) >= 11 is 10.2. The van der Waals surface area contributed by atoms with Crippen LogP contribution < -0.4 is 11.1 Å². The number of aromatic nitrogens is 1. The number of halogens is 1. The van der Waals surface area contributed by atoms with Crippen LogP contribution in [0.4, 0.5) is 5.69 Å². The fourth-order valence-corrected chi connectivity index (χ4v) is 3.90. The van der Waals surface area contributed by atoms with Gasteiger partial charge in [0, 0.05) is 20.6 Å². The lowest BCUT2D eigenvalue weighted by molar-refractivity contribution is 0.889. The zero-order chi connectivity index (χ0) is 14.9. The number of hydrogen-bond donors (Lipinski definition) is 2. The van der Waals surface area contributed by atoms with E-state index in [2.05, 4.69) is 33.2 Å². The maximum atomic E-state index is 5.65. The van der Waals surface area contributed by atoms with E-state index < -0.39 is 0 Å². The molecule has 0 aliphatic heterocycles. The van der Waals surface area contributed by atoms with Crippen molar-refractivity contribution in [2.24, 2.45) is 5.73 Å². The number of thiazole rings is 1. The summed E-state index contributed by atoms with van der Waals surface area (Å²) in [6, 6.07) is 6.11. The van der Waals surface area contributed by atoms with Crippen LogP contribution in [0.5, 0.6) is 0 Å². The Morgan fingerprint density at radius 2 is 2.15 bits per heavy atom. The minimum Gasteiger partial charge on any atom is -0.389 e. The van der Waals surface area contributed by atoms with Gasteiger partial charge in [0.25, 0.3) is 0 Å². The number of hydrogen-bond acceptors (Lipinski definition) is 4. The topological polar surface area (TPSA) is 50.9 Å². The van der Waals surface area contributed by atoms with Gasteiger partial charge in [-0.1, -0.05) is 12.2 Å². The van der Waals surface area contributed by atoms with E-state index in [4.69, 9.17) is 18.0 Å². The molecule has 3 N–H and O–H groups in total. The van der Waals surface area contributed by atoms with Crippen molar-refractivity contribution in [1.82, 2.24) is 4.98 Å². The Hall–Kier alpha value is -0.980. The van der Waals surface area contributed by atoms with Crippen LogP contribution >= 0.6 is 39.5 Å². The van der Waals surface area contributed by atoms with Crippen LogP contribution in [0.2, 0.25) is 0 Å². The third-order valence-corrected chi connectivity index (χ3v) is 5.08. The molecule has 1 aromatic carbocycles. The maximum Gasteiger partial charge on any atom is 0.105 e. The van der Waals surface area contributed by atoms with E-state index in [0.717, 1.165) is 26.4 Å². The van der Waals surface area contributed by atoms with Gasteiger partial charge in [-0.25, -0.2) is 4.98 Å². The fourth-order valence-electron chi connectivity index (χ4n) is 2.07. The first-order valence-electron chi connectivity index (χ1n) is 6.18. The molecule has 1 aromatic heterocycles. The Kier molecular flexibility index (Phi) is 4.78. The molecule has 20 heavy (non-hydrogen) atoms. The molecule has 0 saturated carbocycles. The van der Waals surface area contributed by atoms with E-state index in [1.54, 1.807) is 11.3 Å². The van der Waals surface area contributed by atoms with Gasteiger partial charge in [0.05, 0.1) is 16.7 Å². The van der Waals surface area contributed by atoms with Crippen LogP contribution in [0.3, 0.4) is 0 Å². The molecule has 1 atom stereocenters. The van der Waals surface area contributed by atoms with E-state index in [1.165, 1.54) is 4.88 Å². The largest absolute Gasteiger partial charge is 0.389 e. The van der Waals surface area contributed by atoms with Gasteiger partial charge < -0.3 is 11.1 Å². The van der Waals surface area contributed by atoms with Crippen LogP contribution in [0.15, 0.2) is 22.7 Å². The molecule has 0 aliphatic rings. The number of anilines is 1. The first-order valence-corrected chi connectivity index (χ1v) is 8.20. The molecule has 0 radical (unpaired) electrons. The molecule has 0 spiro atoms. The van der Waals surface area contributed by atoms with E-state index in [9.17, 15) is 0 Å². The molecule has 2 aromatic rings. The zero-order valence-electron chi connectivity index (χ0n) is 11.5. The SMILES string of the molecule is Cc1nc(C)c(C(C)Nc2ccc(C(N)=S)c(Br)c2)s1. The molecule has 0 fully saturated rings. The second kappa shape index (κ2) is 6.20. The predicted octanol–water partition coefficient (Wildman–Crippen LogP) is 4.33. The molecule has 106 valence electrons. The van der Waals surface area contributed by atoms with Crippen LogP contribution in [0, 0.1) is 13.8 Å². The van der Waals surface area contributed by atoms with Crippen molar-refractivity contribution in [3.8, 4) is 0 Å². The summed E-state index contributed by atoms with van der Waals surface area (Å²) in [6.45, 7) is 6.21. The lowest BCUT2D eigenvalue weighted by Gasteiger charge is -2.15.